The van der Waals surface area contributed by atoms with Gasteiger partial charge in [0.15, 0.2) is 0 Å². The Hall–Kier alpha value is -2.66. The Balaban J connectivity index is 1.68. The quantitative estimate of drug-likeness (QED) is 0.451. The third kappa shape index (κ3) is 5.70. The Kier molecular flexibility index (Phi) is 7.27. The normalized spacial score (nSPS) is 11.0. The van der Waals surface area contributed by atoms with Gasteiger partial charge >= 0.3 is 0 Å². The van der Waals surface area contributed by atoms with Gasteiger partial charge in [0.25, 0.3) is 5.91 Å². The molecule has 4 nitrogen and oxygen atoms in total. The summed E-state index contributed by atoms with van der Waals surface area (Å²) in [6, 6.07) is 13.8. The van der Waals surface area contributed by atoms with E-state index in [1.54, 1.807) is 11.3 Å². The van der Waals surface area contributed by atoms with Crippen LogP contribution < -0.4 is 4.74 Å². The molecule has 0 saturated heterocycles. The van der Waals surface area contributed by atoms with Crippen LogP contribution in [0.15, 0.2) is 47.8 Å². The number of benzene rings is 2. The number of aryl methyl sites for hydroxylation is 2. The van der Waals surface area contributed by atoms with Gasteiger partial charge < -0.3 is 9.64 Å². The molecule has 0 aliphatic rings. The van der Waals surface area contributed by atoms with Gasteiger partial charge in [0.2, 0.25) is 0 Å². The highest BCUT2D eigenvalue weighted by molar-refractivity contribution is 7.09. The number of nitrogens with zero attached hydrogens (tertiary/aromatic N) is 2. The summed E-state index contributed by atoms with van der Waals surface area (Å²) in [6.45, 7) is 12.1. The average molecular weight is 423 g/mol. The number of hydrogen-bond acceptors (Lipinski definition) is 4. The van der Waals surface area contributed by atoms with Crippen molar-refractivity contribution in [2.75, 3.05) is 6.54 Å². The molecule has 1 amide bonds. The Morgan fingerprint density at radius 2 is 1.83 bits per heavy atom. The third-order valence-corrected chi connectivity index (χ3v) is 5.90. The Morgan fingerprint density at radius 1 is 1.10 bits per heavy atom. The minimum atomic E-state index is 0.0462. The fraction of sp³-hybridized carbons (Fsp3) is 0.360. The van der Waals surface area contributed by atoms with E-state index in [0.717, 1.165) is 33.1 Å². The summed E-state index contributed by atoms with van der Waals surface area (Å²) in [4.78, 5) is 19.7. The molecule has 0 radical (unpaired) electrons. The molecule has 3 rings (SSSR count). The van der Waals surface area contributed by atoms with Crippen molar-refractivity contribution < 1.29 is 9.53 Å². The van der Waals surface area contributed by atoms with E-state index in [4.69, 9.17) is 9.72 Å². The van der Waals surface area contributed by atoms with Gasteiger partial charge in [-0.2, -0.15) is 0 Å². The van der Waals surface area contributed by atoms with Crippen LogP contribution in [0.3, 0.4) is 0 Å². The summed E-state index contributed by atoms with van der Waals surface area (Å²) in [6.07, 6.45) is 0. The highest BCUT2D eigenvalue weighted by Crippen LogP contribution is 2.23. The number of thiazole rings is 1. The lowest BCUT2D eigenvalue weighted by Crippen LogP contribution is -2.33. The topological polar surface area (TPSA) is 42.4 Å². The molecule has 2 aromatic carbocycles. The first-order valence-electron chi connectivity index (χ1n) is 10.3. The van der Waals surface area contributed by atoms with Crippen molar-refractivity contribution in [2.45, 2.75) is 47.8 Å². The lowest BCUT2D eigenvalue weighted by molar-refractivity contribution is 0.0720. The number of ether oxygens (including phenoxy) is 1. The number of rotatable bonds is 8. The van der Waals surface area contributed by atoms with Crippen LogP contribution in [0.25, 0.3) is 0 Å². The summed E-state index contributed by atoms with van der Waals surface area (Å²) in [5.41, 5.74) is 5.14. The van der Waals surface area contributed by atoms with E-state index in [0.29, 0.717) is 25.6 Å². The number of carbonyl (C=O) groups excluding carboxylic acids is 1. The van der Waals surface area contributed by atoms with E-state index < -0.39 is 0 Å². The molecule has 0 fully saturated rings. The number of amides is 1. The number of aromatic nitrogens is 1. The first-order valence-corrected chi connectivity index (χ1v) is 11.2. The van der Waals surface area contributed by atoms with Crippen LogP contribution in [0.1, 0.15) is 51.6 Å². The van der Waals surface area contributed by atoms with Crippen molar-refractivity contribution in [2.24, 2.45) is 5.92 Å². The minimum Gasteiger partial charge on any atom is -0.486 e. The van der Waals surface area contributed by atoms with Crippen molar-refractivity contribution in [3.63, 3.8) is 0 Å². The average Bonchev–Trinajstić information content (AvgIpc) is 3.16. The number of hydrogen-bond donors (Lipinski definition) is 0. The van der Waals surface area contributed by atoms with Crippen LogP contribution >= 0.6 is 11.3 Å². The summed E-state index contributed by atoms with van der Waals surface area (Å²) < 4.78 is 5.98. The molecule has 3 aromatic rings. The predicted octanol–water partition coefficient (Wildman–Crippen LogP) is 5.95. The maximum atomic E-state index is 13.1. The zero-order valence-electron chi connectivity index (χ0n) is 18.4. The van der Waals surface area contributed by atoms with Gasteiger partial charge in [-0.1, -0.05) is 43.7 Å². The van der Waals surface area contributed by atoms with Crippen molar-refractivity contribution in [3.8, 4) is 5.75 Å². The van der Waals surface area contributed by atoms with E-state index >= 15 is 0 Å². The molecule has 0 aliphatic heterocycles. The van der Waals surface area contributed by atoms with Crippen LogP contribution in [0, 0.1) is 26.7 Å². The largest absolute Gasteiger partial charge is 0.486 e. The van der Waals surface area contributed by atoms with E-state index in [2.05, 4.69) is 33.8 Å². The molecule has 5 heteroatoms. The maximum absolute atomic E-state index is 13.1. The third-order valence-electron chi connectivity index (χ3n) is 5.03. The summed E-state index contributed by atoms with van der Waals surface area (Å²) in [5, 5.41) is 2.94. The molecule has 0 aliphatic carbocycles. The summed E-state index contributed by atoms with van der Waals surface area (Å²) >= 11 is 1.58. The lowest BCUT2D eigenvalue weighted by Gasteiger charge is -2.24. The van der Waals surface area contributed by atoms with Crippen molar-refractivity contribution in [1.29, 1.82) is 0 Å². The summed E-state index contributed by atoms with van der Waals surface area (Å²) in [5.74, 6) is 1.32. The standard InChI is InChI=1S/C25H30N2O2S/c1-17(2)13-27(25(28)21-11-9-18(3)10-12-21)14-22-16-30-24(26-22)15-29-23-8-6-7-19(4)20(23)5/h6-12,16-17H,13-15H2,1-5H3. The first-order chi connectivity index (χ1) is 14.3. The van der Waals surface area contributed by atoms with Crippen LogP contribution in [-0.2, 0) is 13.2 Å². The second kappa shape index (κ2) is 9.90. The van der Waals surface area contributed by atoms with E-state index in [1.165, 1.54) is 5.56 Å². The van der Waals surface area contributed by atoms with Crippen molar-refractivity contribution in [1.82, 2.24) is 9.88 Å². The zero-order valence-corrected chi connectivity index (χ0v) is 19.3. The van der Waals surface area contributed by atoms with Crippen LogP contribution in [0.5, 0.6) is 5.75 Å². The van der Waals surface area contributed by atoms with Gasteiger partial charge in [0, 0.05) is 17.5 Å². The van der Waals surface area contributed by atoms with E-state index in [1.807, 2.05) is 53.6 Å². The van der Waals surface area contributed by atoms with Gasteiger partial charge in [-0.15, -0.1) is 11.3 Å². The zero-order chi connectivity index (χ0) is 21.7. The Labute approximate surface area is 183 Å². The fourth-order valence-corrected chi connectivity index (χ4v) is 3.94. The lowest BCUT2D eigenvalue weighted by atomic mass is 10.1. The molecule has 1 aromatic heterocycles. The molecule has 0 unspecified atom stereocenters. The van der Waals surface area contributed by atoms with Gasteiger partial charge in [0.05, 0.1) is 12.2 Å². The maximum Gasteiger partial charge on any atom is 0.254 e. The molecule has 1 heterocycles. The van der Waals surface area contributed by atoms with Gasteiger partial charge in [0.1, 0.15) is 17.4 Å². The van der Waals surface area contributed by atoms with Gasteiger partial charge in [-0.25, -0.2) is 4.98 Å². The second-order valence-electron chi connectivity index (χ2n) is 8.16. The molecule has 0 N–H and O–H groups in total. The molecular weight excluding hydrogens is 392 g/mol. The SMILES string of the molecule is Cc1ccc(C(=O)N(Cc2csc(COc3cccc(C)c3C)n2)CC(C)C)cc1. The highest BCUT2D eigenvalue weighted by atomic mass is 32.1. The number of carbonyl (C=O) groups is 1. The molecule has 0 bridgehead atoms. The van der Waals surface area contributed by atoms with Crippen LogP contribution in [0.4, 0.5) is 0 Å². The molecule has 158 valence electrons. The molecule has 30 heavy (non-hydrogen) atoms. The molecule has 0 spiro atoms. The van der Waals surface area contributed by atoms with Gasteiger partial charge in [-0.05, 0) is 56.0 Å². The Bertz CT molecular complexity index is 993. The molecule has 0 saturated carbocycles. The van der Waals surface area contributed by atoms with Crippen molar-refractivity contribution >= 4 is 17.2 Å². The van der Waals surface area contributed by atoms with E-state index in [-0.39, 0.29) is 5.91 Å². The second-order valence-corrected chi connectivity index (χ2v) is 9.11. The minimum absolute atomic E-state index is 0.0462. The van der Waals surface area contributed by atoms with Crippen molar-refractivity contribution in [3.05, 3.63) is 80.8 Å². The van der Waals surface area contributed by atoms with Gasteiger partial charge in [-0.3, -0.25) is 4.79 Å². The predicted molar refractivity (Wildman–Crippen MR) is 123 cm³/mol. The smallest absolute Gasteiger partial charge is 0.254 e. The highest BCUT2D eigenvalue weighted by Gasteiger charge is 2.19. The monoisotopic (exact) mass is 422 g/mol. The fourth-order valence-electron chi connectivity index (χ4n) is 3.24. The first kappa shape index (κ1) is 22.0. The van der Waals surface area contributed by atoms with Crippen LogP contribution in [0.2, 0.25) is 0 Å². The Morgan fingerprint density at radius 3 is 2.53 bits per heavy atom. The summed E-state index contributed by atoms with van der Waals surface area (Å²) in [7, 11) is 0. The molecular formula is C25H30N2O2S. The van der Waals surface area contributed by atoms with Crippen LogP contribution in [-0.4, -0.2) is 22.3 Å². The molecule has 0 atom stereocenters. The van der Waals surface area contributed by atoms with E-state index in [9.17, 15) is 4.79 Å².